The van der Waals surface area contributed by atoms with Crippen LogP contribution in [0, 0.1) is 17.8 Å². The molecule has 0 saturated carbocycles. The highest BCUT2D eigenvalue weighted by Gasteiger charge is 2.35. The second kappa shape index (κ2) is 7.25. The van der Waals surface area contributed by atoms with E-state index in [0.29, 0.717) is 19.8 Å². The minimum atomic E-state index is 0.0501. The van der Waals surface area contributed by atoms with Gasteiger partial charge < -0.3 is 13.9 Å². The van der Waals surface area contributed by atoms with Gasteiger partial charge in [-0.25, -0.2) is 0 Å². The molecule has 3 heteroatoms. The SMILES string of the molecule is C#CCOCc1cc2c(o1)CC(C)(C)CC2OCc1ccccc1. The quantitative estimate of drug-likeness (QED) is 0.572. The van der Waals surface area contributed by atoms with Crippen LogP contribution in [0.2, 0.25) is 0 Å². The van der Waals surface area contributed by atoms with E-state index in [-0.39, 0.29) is 11.5 Å². The predicted octanol–water partition coefficient (Wildman–Crippen LogP) is 4.66. The van der Waals surface area contributed by atoms with Gasteiger partial charge in [0.15, 0.2) is 0 Å². The van der Waals surface area contributed by atoms with Gasteiger partial charge in [0, 0.05) is 12.0 Å². The summed E-state index contributed by atoms with van der Waals surface area (Å²) < 4.78 is 17.6. The normalized spacial score (nSPS) is 18.8. The molecular formula is C21H24O3. The second-order valence-corrected chi connectivity index (χ2v) is 7.12. The molecule has 0 spiro atoms. The van der Waals surface area contributed by atoms with Crippen molar-refractivity contribution >= 4 is 0 Å². The summed E-state index contributed by atoms with van der Waals surface area (Å²) in [6.45, 7) is 5.82. The lowest BCUT2D eigenvalue weighted by atomic mass is 9.76. The Morgan fingerprint density at radius 1 is 1.25 bits per heavy atom. The van der Waals surface area contributed by atoms with Crippen molar-refractivity contribution < 1.29 is 13.9 Å². The molecular weight excluding hydrogens is 300 g/mol. The van der Waals surface area contributed by atoms with E-state index in [1.807, 2.05) is 18.2 Å². The van der Waals surface area contributed by atoms with E-state index in [1.165, 1.54) is 5.56 Å². The van der Waals surface area contributed by atoms with Crippen LogP contribution >= 0.6 is 0 Å². The number of ether oxygens (including phenoxy) is 2. The highest BCUT2D eigenvalue weighted by molar-refractivity contribution is 5.28. The minimum absolute atomic E-state index is 0.0501. The van der Waals surface area contributed by atoms with Crippen LogP contribution in [0.1, 0.15) is 49.0 Å². The summed E-state index contributed by atoms with van der Waals surface area (Å²) in [4.78, 5) is 0. The first kappa shape index (κ1) is 16.8. The Balaban J connectivity index is 1.74. The van der Waals surface area contributed by atoms with Gasteiger partial charge in [0.2, 0.25) is 0 Å². The first-order chi connectivity index (χ1) is 11.6. The van der Waals surface area contributed by atoms with Crippen molar-refractivity contribution in [2.75, 3.05) is 6.61 Å². The van der Waals surface area contributed by atoms with Crippen LogP contribution in [-0.2, 0) is 29.1 Å². The predicted molar refractivity (Wildman–Crippen MR) is 93.3 cm³/mol. The zero-order chi connectivity index (χ0) is 17.0. The maximum Gasteiger partial charge on any atom is 0.130 e. The average molecular weight is 324 g/mol. The van der Waals surface area contributed by atoms with Gasteiger partial charge in [-0.05, 0) is 23.5 Å². The zero-order valence-corrected chi connectivity index (χ0v) is 14.4. The van der Waals surface area contributed by atoms with Crippen molar-refractivity contribution in [3.05, 3.63) is 59.0 Å². The van der Waals surface area contributed by atoms with E-state index in [4.69, 9.17) is 20.3 Å². The maximum atomic E-state index is 6.24. The molecule has 3 nitrogen and oxygen atoms in total. The van der Waals surface area contributed by atoms with Gasteiger partial charge in [0.1, 0.15) is 24.7 Å². The van der Waals surface area contributed by atoms with Crippen molar-refractivity contribution in [3.63, 3.8) is 0 Å². The van der Waals surface area contributed by atoms with Crippen molar-refractivity contribution in [3.8, 4) is 12.3 Å². The zero-order valence-electron chi connectivity index (χ0n) is 14.4. The van der Waals surface area contributed by atoms with E-state index < -0.39 is 0 Å². The standard InChI is InChI=1S/C21H24O3/c1-4-10-22-15-17-11-18-19(12-21(2,3)13-20(18)24-17)23-14-16-8-6-5-7-9-16/h1,5-9,11,19H,10,12-15H2,2-3H3. The second-order valence-electron chi connectivity index (χ2n) is 7.12. The van der Waals surface area contributed by atoms with E-state index in [9.17, 15) is 0 Å². The van der Waals surface area contributed by atoms with Crippen LogP contribution in [0.5, 0.6) is 0 Å². The Bertz CT molecular complexity index is 706. The monoisotopic (exact) mass is 324 g/mol. The van der Waals surface area contributed by atoms with Crippen LogP contribution in [0.3, 0.4) is 0 Å². The Labute approximate surface area is 144 Å². The van der Waals surface area contributed by atoms with Gasteiger partial charge in [0.05, 0.1) is 12.7 Å². The van der Waals surface area contributed by atoms with Crippen LogP contribution in [-0.4, -0.2) is 6.61 Å². The lowest BCUT2D eigenvalue weighted by molar-refractivity contribution is -0.00106. The third-order valence-electron chi connectivity index (χ3n) is 4.34. The smallest absolute Gasteiger partial charge is 0.130 e. The van der Waals surface area contributed by atoms with E-state index in [0.717, 1.165) is 29.9 Å². The van der Waals surface area contributed by atoms with Crippen LogP contribution < -0.4 is 0 Å². The third kappa shape index (κ3) is 4.08. The summed E-state index contributed by atoms with van der Waals surface area (Å²) in [7, 11) is 0. The average Bonchev–Trinajstić information content (AvgIpc) is 2.95. The molecule has 1 atom stereocenters. The first-order valence-corrected chi connectivity index (χ1v) is 8.35. The Kier molecular flexibility index (Phi) is 5.08. The molecule has 0 aliphatic heterocycles. The summed E-state index contributed by atoms with van der Waals surface area (Å²) >= 11 is 0. The fourth-order valence-electron chi connectivity index (χ4n) is 3.23. The lowest BCUT2D eigenvalue weighted by Crippen LogP contribution is -2.26. The number of rotatable bonds is 6. The molecule has 1 aromatic heterocycles. The largest absolute Gasteiger partial charge is 0.463 e. The number of terminal acetylenes is 1. The van der Waals surface area contributed by atoms with Crippen molar-refractivity contribution in [2.45, 2.75) is 46.0 Å². The molecule has 126 valence electrons. The Morgan fingerprint density at radius 3 is 2.79 bits per heavy atom. The molecule has 0 radical (unpaired) electrons. The summed E-state index contributed by atoms with van der Waals surface area (Å²) in [6.07, 6.45) is 7.17. The van der Waals surface area contributed by atoms with Gasteiger partial charge in [-0.15, -0.1) is 6.42 Å². The fraction of sp³-hybridized carbons (Fsp3) is 0.429. The molecule has 1 aliphatic rings. The summed E-state index contributed by atoms with van der Waals surface area (Å²) in [5, 5.41) is 0. The van der Waals surface area contributed by atoms with Gasteiger partial charge in [-0.1, -0.05) is 50.1 Å². The van der Waals surface area contributed by atoms with Crippen molar-refractivity contribution in [2.24, 2.45) is 5.41 Å². The first-order valence-electron chi connectivity index (χ1n) is 8.35. The van der Waals surface area contributed by atoms with Gasteiger partial charge in [-0.2, -0.15) is 0 Å². The Morgan fingerprint density at radius 2 is 2.04 bits per heavy atom. The van der Waals surface area contributed by atoms with E-state index >= 15 is 0 Å². The fourth-order valence-corrected chi connectivity index (χ4v) is 3.23. The molecule has 1 aromatic carbocycles. The van der Waals surface area contributed by atoms with E-state index in [2.05, 4.69) is 38.0 Å². The number of benzene rings is 1. The summed E-state index contributed by atoms with van der Waals surface area (Å²) in [5.74, 6) is 4.31. The number of furan rings is 1. The van der Waals surface area contributed by atoms with Crippen molar-refractivity contribution in [1.82, 2.24) is 0 Å². The molecule has 24 heavy (non-hydrogen) atoms. The molecule has 0 N–H and O–H groups in total. The topological polar surface area (TPSA) is 31.6 Å². The molecule has 0 amide bonds. The molecule has 0 bridgehead atoms. The molecule has 1 aliphatic carbocycles. The van der Waals surface area contributed by atoms with Crippen LogP contribution in [0.25, 0.3) is 0 Å². The Hall–Kier alpha value is -2.02. The van der Waals surface area contributed by atoms with Crippen molar-refractivity contribution in [1.29, 1.82) is 0 Å². The molecule has 0 saturated heterocycles. The van der Waals surface area contributed by atoms with Gasteiger partial charge >= 0.3 is 0 Å². The molecule has 1 heterocycles. The highest BCUT2D eigenvalue weighted by atomic mass is 16.5. The third-order valence-corrected chi connectivity index (χ3v) is 4.34. The van der Waals surface area contributed by atoms with Gasteiger partial charge in [0.25, 0.3) is 0 Å². The number of hydrogen-bond acceptors (Lipinski definition) is 3. The summed E-state index contributed by atoms with van der Waals surface area (Å²) in [6, 6.07) is 12.3. The van der Waals surface area contributed by atoms with E-state index in [1.54, 1.807) is 0 Å². The van der Waals surface area contributed by atoms with Crippen LogP contribution in [0.4, 0.5) is 0 Å². The minimum Gasteiger partial charge on any atom is -0.463 e. The number of hydrogen-bond donors (Lipinski definition) is 0. The lowest BCUT2D eigenvalue weighted by Gasteiger charge is -2.34. The highest BCUT2D eigenvalue weighted by Crippen LogP contribution is 2.44. The maximum absolute atomic E-state index is 6.24. The number of fused-ring (bicyclic) bond motifs is 1. The van der Waals surface area contributed by atoms with Gasteiger partial charge in [-0.3, -0.25) is 0 Å². The molecule has 0 fully saturated rings. The molecule has 2 aromatic rings. The molecule has 3 rings (SSSR count). The summed E-state index contributed by atoms with van der Waals surface area (Å²) in [5.41, 5.74) is 2.50. The molecule has 1 unspecified atom stereocenters. The van der Waals surface area contributed by atoms with Crippen LogP contribution in [0.15, 0.2) is 40.8 Å².